The molecule has 2 aliphatic heterocycles. The second-order valence-corrected chi connectivity index (χ2v) is 4.74. The summed E-state index contributed by atoms with van der Waals surface area (Å²) in [7, 11) is 0. The molecule has 0 aromatic carbocycles. The average Bonchev–Trinajstić information content (AvgIpc) is 2.22. The minimum Gasteiger partial charge on any atom is -0.449 e. The smallest absolute Gasteiger partial charge is 0.410 e. The van der Waals surface area contributed by atoms with Gasteiger partial charge in [-0.25, -0.2) is 4.79 Å². The van der Waals surface area contributed by atoms with Gasteiger partial charge in [0, 0.05) is 18.5 Å². The first-order valence-electron chi connectivity index (χ1n) is 5.77. The number of nitrogens with zero attached hydrogens (tertiary/aromatic N) is 1. The molecule has 2 rings (SSSR count). The van der Waals surface area contributed by atoms with Gasteiger partial charge in [0.25, 0.3) is 0 Å². The van der Waals surface area contributed by atoms with Gasteiger partial charge in [-0.2, -0.15) is 0 Å². The van der Waals surface area contributed by atoms with Gasteiger partial charge < -0.3 is 9.64 Å². The molecule has 2 heterocycles. The third-order valence-electron chi connectivity index (χ3n) is 3.22. The van der Waals surface area contributed by atoms with Crippen molar-refractivity contribution in [3.63, 3.8) is 0 Å². The lowest BCUT2D eigenvalue weighted by atomic mass is 9.89. The monoisotopic (exact) mass is 209 g/mol. The van der Waals surface area contributed by atoms with Crippen molar-refractivity contribution in [3.05, 3.63) is 11.6 Å². The number of hydrogen-bond donors (Lipinski definition) is 0. The third kappa shape index (κ3) is 2.16. The van der Waals surface area contributed by atoms with E-state index in [0.717, 1.165) is 19.4 Å². The zero-order valence-corrected chi connectivity index (χ0v) is 9.53. The number of rotatable bonds is 1. The topological polar surface area (TPSA) is 29.5 Å². The molecule has 2 atom stereocenters. The van der Waals surface area contributed by atoms with E-state index >= 15 is 0 Å². The molecule has 1 amide bonds. The lowest BCUT2D eigenvalue weighted by Gasteiger charge is -2.42. The second-order valence-electron chi connectivity index (χ2n) is 4.74. The van der Waals surface area contributed by atoms with Crippen LogP contribution >= 0.6 is 0 Å². The van der Waals surface area contributed by atoms with Crippen LogP contribution in [-0.2, 0) is 4.74 Å². The molecule has 0 bridgehead atoms. The Labute approximate surface area is 91.1 Å². The fraction of sp³-hybridized carbons (Fsp3) is 0.750. The highest BCUT2D eigenvalue weighted by atomic mass is 16.6. The van der Waals surface area contributed by atoms with Crippen molar-refractivity contribution in [2.45, 2.75) is 39.2 Å². The predicted octanol–water partition coefficient (Wildman–Crippen LogP) is 2.57. The Hall–Kier alpha value is -0.990. The Morgan fingerprint density at radius 3 is 3.00 bits per heavy atom. The summed E-state index contributed by atoms with van der Waals surface area (Å²) in [4.78, 5) is 13.5. The van der Waals surface area contributed by atoms with Crippen LogP contribution in [0.4, 0.5) is 4.79 Å². The van der Waals surface area contributed by atoms with Gasteiger partial charge in [0.15, 0.2) is 0 Å². The van der Waals surface area contributed by atoms with Crippen LogP contribution in [0.2, 0.25) is 0 Å². The molecular formula is C12H19NO2. The fourth-order valence-corrected chi connectivity index (χ4v) is 2.58. The zero-order valence-electron chi connectivity index (χ0n) is 9.53. The van der Waals surface area contributed by atoms with Crippen molar-refractivity contribution >= 4 is 6.09 Å². The maximum absolute atomic E-state index is 11.5. The van der Waals surface area contributed by atoms with E-state index in [1.54, 1.807) is 0 Å². The minimum absolute atomic E-state index is 0.113. The number of ether oxygens (including phenoxy) is 1. The highest BCUT2D eigenvalue weighted by molar-refractivity contribution is 5.69. The molecule has 0 unspecified atom stereocenters. The van der Waals surface area contributed by atoms with Crippen molar-refractivity contribution in [1.29, 1.82) is 0 Å². The number of amides is 1. The summed E-state index contributed by atoms with van der Waals surface area (Å²) in [5, 5.41) is 0. The molecular weight excluding hydrogens is 190 g/mol. The van der Waals surface area contributed by atoms with E-state index in [-0.39, 0.29) is 6.09 Å². The molecule has 0 aromatic rings. The molecule has 3 heteroatoms. The maximum atomic E-state index is 11.5. The molecule has 0 N–H and O–H groups in total. The molecule has 2 saturated heterocycles. The molecule has 0 spiro atoms. The van der Waals surface area contributed by atoms with Gasteiger partial charge >= 0.3 is 6.09 Å². The number of piperidine rings is 1. The van der Waals surface area contributed by atoms with Crippen LogP contribution in [0.25, 0.3) is 0 Å². The minimum atomic E-state index is -0.113. The van der Waals surface area contributed by atoms with Crippen molar-refractivity contribution in [2.24, 2.45) is 5.92 Å². The highest BCUT2D eigenvalue weighted by Gasteiger charge is 2.37. The molecule has 0 radical (unpaired) electrons. The Morgan fingerprint density at radius 1 is 1.47 bits per heavy atom. The van der Waals surface area contributed by atoms with Crippen LogP contribution in [0.15, 0.2) is 11.6 Å². The molecule has 2 aliphatic rings. The number of hydrogen-bond acceptors (Lipinski definition) is 2. The molecule has 15 heavy (non-hydrogen) atoms. The first-order valence-corrected chi connectivity index (χ1v) is 5.77. The Morgan fingerprint density at radius 2 is 2.27 bits per heavy atom. The van der Waals surface area contributed by atoms with Gasteiger partial charge in [0.2, 0.25) is 0 Å². The van der Waals surface area contributed by atoms with Crippen molar-refractivity contribution in [3.8, 4) is 0 Å². The SMILES string of the molecule is CC(C)=C[C@H]1COC(=O)N2CCCC[C@H]12. The van der Waals surface area contributed by atoms with Crippen LogP contribution in [0, 0.1) is 5.92 Å². The van der Waals surface area contributed by atoms with Crippen LogP contribution in [0.1, 0.15) is 33.1 Å². The average molecular weight is 209 g/mol. The number of cyclic esters (lactones) is 1. The Kier molecular flexibility index (Phi) is 2.98. The number of carbonyl (C=O) groups excluding carboxylic acids is 1. The van der Waals surface area contributed by atoms with E-state index < -0.39 is 0 Å². The first-order chi connectivity index (χ1) is 7.18. The number of fused-ring (bicyclic) bond motifs is 1. The second kappa shape index (κ2) is 4.25. The van der Waals surface area contributed by atoms with Gasteiger partial charge in [-0.3, -0.25) is 0 Å². The maximum Gasteiger partial charge on any atom is 0.410 e. The third-order valence-corrected chi connectivity index (χ3v) is 3.22. The van der Waals surface area contributed by atoms with Crippen molar-refractivity contribution in [2.75, 3.05) is 13.2 Å². The number of carbonyl (C=O) groups is 1. The molecule has 3 nitrogen and oxygen atoms in total. The standard InChI is InChI=1S/C12H19NO2/c1-9(2)7-10-8-15-12(14)13-6-4-3-5-11(10)13/h7,10-11H,3-6,8H2,1-2H3/t10-,11+/m0/s1. The van der Waals surface area contributed by atoms with E-state index in [1.165, 1.54) is 12.0 Å². The van der Waals surface area contributed by atoms with E-state index in [0.29, 0.717) is 18.6 Å². The van der Waals surface area contributed by atoms with E-state index in [1.807, 2.05) is 4.90 Å². The normalized spacial score (nSPS) is 30.5. The van der Waals surface area contributed by atoms with Gasteiger partial charge in [-0.15, -0.1) is 0 Å². The van der Waals surface area contributed by atoms with Crippen LogP contribution in [0.5, 0.6) is 0 Å². The molecule has 0 saturated carbocycles. The Bertz CT molecular complexity index is 281. The Balaban J connectivity index is 2.13. The molecule has 0 aliphatic carbocycles. The quantitative estimate of drug-likeness (QED) is 0.621. The van der Waals surface area contributed by atoms with E-state index in [4.69, 9.17) is 4.74 Å². The fourth-order valence-electron chi connectivity index (χ4n) is 2.58. The van der Waals surface area contributed by atoms with Crippen molar-refractivity contribution in [1.82, 2.24) is 4.90 Å². The summed E-state index contributed by atoms with van der Waals surface area (Å²) >= 11 is 0. The highest BCUT2D eigenvalue weighted by Crippen LogP contribution is 2.29. The van der Waals surface area contributed by atoms with Crippen molar-refractivity contribution < 1.29 is 9.53 Å². The van der Waals surface area contributed by atoms with E-state index in [9.17, 15) is 4.79 Å². The summed E-state index contributed by atoms with van der Waals surface area (Å²) in [6.07, 6.45) is 5.62. The molecule has 0 aromatic heterocycles. The first kappa shape index (κ1) is 10.5. The number of allylic oxidation sites excluding steroid dienone is 1. The molecule has 84 valence electrons. The lowest BCUT2D eigenvalue weighted by Crippen LogP contribution is -2.52. The summed E-state index contributed by atoms with van der Waals surface area (Å²) < 4.78 is 5.20. The lowest BCUT2D eigenvalue weighted by molar-refractivity contribution is 0.00684. The van der Waals surface area contributed by atoms with Gasteiger partial charge in [0.05, 0.1) is 0 Å². The summed E-state index contributed by atoms with van der Waals surface area (Å²) in [6.45, 7) is 5.63. The summed E-state index contributed by atoms with van der Waals surface area (Å²) in [5.74, 6) is 0.396. The van der Waals surface area contributed by atoms with Crippen LogP contribution in [-0.4, -0.2) is 30.2 Å². The predicted molar refractivity (Wildman–Crippen MR) is 58.6 cm³/mol. The van der Waals surface area contributed by atoms with Gasteiger partial charge in [-0.05, 0) is 33.1 Å². The van der Waals surface area contributed by atoms with E-state index in [2.05, 4.69) is 19.9 Å². The molecule has 2 fully saturated rings. The van der Waals surface area contributed by atoms with Gasteiger partial charge in [0.1, 0.15) is 6.61 Å². The van der Waals surface area contributed by atoms with Crippen LogP contribution < -0.4 is 0 Å². The zero-order chi connectivity index (χ0) is 10.8. The largest absolute Gasteiger partial charge is 0.449 e. The summed E-state index contributed by atoms with van der Waals surface area (Å²) in [6, 6.07) is 0.384. The summed E-state index contributed by atoms with van der Waals surface area (Å²) in [5.41, 5.74) is 1.31. The van der Waals surface area contributed by atoms with Gasteiger partial charge in [-0.1, -0.05) is 11.6 Å². The van der Waals surface area contributed by atoms with Crippen LogP contribution in [0.3, 0.4) is 0 Å².